The molecule has 1 atom stereocenters. The molecular weight excluding hydrogens is 284 g/mol. The number of hydrogen-bond donors (Lipinski definition) is 1. The molecule has 120 valence electrons. The van der Waals surface area contributed by atoms with E-state index in [0.717, 1.165) is 38.0 Å². The van der Waals surface area contributed by atoms with Crippen molar-refractivity contribution < 1.29 is 4.79 Å². The summed E-state index contributed by atoms with van der Waals surface area (Å²) in [6.07, 6.45) is 2.19. The van der Waals surface area contributed by atoms with Gasteiger partial charge in [0.25, 0.3) is 5.91 Å². The lowest BCUT2D eigenvalue weighted by atomic mass is 10.0. The fourth-order valence-corrected chi connectivity index (χ4v) is 3.13. The maximum Gasteiger partial charge on any atom is 0.251 e. The van der Waals surface area contributed by atoms with E-state index in [1.54, 1.807) is 0 Å². The Bertz CT molecular complexity index is 636. The quantitative estimate of drug-likeness (QED) is 0.939. The van der Waals surface area contributed by atoms with Gasteiger partial charge in [0.05, 0.1) is 0 Å². The van der Waals surface area contributed by atoms with Crippen LogP contribution in [-0.4, -0.2) is 29.9 Å². The SMILES string of the molecule is Cc1ccc(C(=O)N[C@@H]2CCCN(Cc3ccccc3)C2)cc1. The van der Waals surface area contributed by atoms with Crippen molar-refractivity contribution in [2.75, 3.05) is 13.1 Å². The molecular formula is C20H24N2O. The van der Waals surface area contributed by atoms with Gasteiger partial charge in [-0.1, -0.05) is 48.0 Å². The highest BCUT2D eigenvalue weighted by molar-refractivity contribution is 5.94. The fraction of sp³-hybridized carbons (Fsp3) is 0.350. The minimum Gasteiger partial charge on any atom is -0.348 e. The van der Waals surface area contributed by atoms with Crippen LogP contribution in [0.4, 0.5) is 0 Å². The zero-order chi connectivity index (χ0) is 16.1. The van der Waals surface area contributed by atoms with Gasteiger partial charge in [-0.3, -0.25) is 9.69 Å². The summed E-state index contributed by atoms with van der Waals surface area (Å²) in [5.41, 5.74) is 3.25. The number of nitrogens with one attached hydrogen (secondary N) is 1. The number of carbonyl (C=O) groups is 1. The van der Waals surface area contributed by atoms with Gasteiger partial charge in [0, 0.05) is 24.7 Å². The molecule has 0 radical (unpaired) electrons. The van der Waals surface area contributed by atoms with Crippen molar-refractivity contribution in [3.05, 3.63) is 71.3 Å². The maximum absolute atomic E-state index is 12.4. The van der Waals surface area contributed by atoms with E-state index in [1.807, 2.05) is 37.3 Å². The van der Waals surface area contributed by atoms with Crippen LogP contribution < -0.4 is 5.32 Å². The molecule has 2 aromatic carbocycles. The van der Waals surface area contributed by atoms with E-state index in [1.165, 1.54) is 11.1 Å². The monoisotopic (exact) mass is 308 g/mol. The van der Waals surface area contributed by atoms with Crippen molar-refractivity contribution in [3.63, 3.8) is 0 Å². The third-order valence-electron chi connectivity index (χ3n) is 4.40. The molecule has 1 fully saturated rings. The van der Waals surface area contributed by atoms with Crippen LogP contribution in [0.25, 0.3) is 0 Å². The van der Waals surface area contributed by atoms with Crippen LogP contribution in [0.2, 0.25) is 0 Å². The van der Waals surface area contributed by atoms with E-state index >= 15 is 0 Å². The fourth-order valence-electron chi connectivity index (χ4n) is 3.13. The van der Waals surface area contributed by atoms with E-state index in [-0.39, 0.29) is 11.9 Å². The molecule has 23 heavy (non-hydrogen) atoms. The van der Waals surface area contributed by atoms with Crippen LogP contribution >= 0.6 is 0 Å². The van der Waals surface area contributed by atoms with Crippen LogP contribution in [0.3, 0.4) is 0 Å². The molecule has 1 aliphatic heterocycles. The Balaban J connectivity index is 1.56. The van der Waals surface area contributed by atoms with Crippen molar-refractivity contribution in [2.24, 2.45) is 0 Å². The number of aryl methyl sites for hydroxylation is 1. The Labute approximate surface area is 138 Å². The largest absolute Gasteiger partial charge is 0.348 e. The second kappa shape index (κ2) is 7.42. The van der Waals surface area contributed by atoms with Crippen molar-refractivity contribution >= 4 is 5.91 Å². The molecule has 1 heterocycles. The van der Waals surface area contributed by atoms with Gasteiger partial charge >= 0.3 is 0 Å². The van der Waals surface area contributed by atoms with Crippen molar-refractivity contribution in [1.29, 1.82) is 0 Å². The number of carbonyl (C=O) groups excluding carboxylic acids is 1. The molecule has 1 N–H and O–H groups in total. The molecule has 3 heteroatoms. The number of rotatable bonds is 4. The van der Waals surface area contributed by atoms with Crippen molar-refractivity contribution in [2.45, 2.75) is 32.4 Å². The summed E-state index contributed by atoms with van der Waals surface area (Å²) in [5, 5.41) is 3.19. The molecule has 3 nitrogen and oxygen atoms in total. The van der Waals surface area contributed by atoms with Gasteiger partial charge in [-0.2, -0.15) is 0 Å². The summed E-state index contributed by atoms with van der Waals surface area (Å²) in [4.78, 5) is 14.8. The third-order valence-corrected chi connectivity index (χ3v) is 4.40. The summed E-state index contributed by atoms with van der Waals surface area (Å²) in [5.74, 6) is 0.0385. The Morgan fingerprint density at radius 2 is 1.87 bits per heavy atom. The molecule has 1 aliphatic rings. The van der Waals surface area contributed by atoms with Crippen LogP contribution in [0, 0.1) is 6.92 Å². The van der Waals surface area contributed by atoms with Gasteiger partial charge in [-0.25, -0.2) is 0 Å². The predicted octanol–water partition coefficient (Wildman–Crippen LogP) is 3.39. The Morgan fingerprint density at radius 3 is 2.61 bits per heavy atom. The van der Waals surface area contributed by atoms with Gasteiger partial charge in [-0.05, 0) is 44.0 Å². The molecule has 3 rings (SSSR count). The molecule has 0 aliphatic carbocycles. The predicted molar refractivity (Wildman–Crippen MR) is 93.4 cm³/mol. The molecule has 0 saturated carbocycles. The number of amides is 1. The Kier molecular flexibility index (Phi) is 5.09. The molecule has 0 aromatic heterocycles. The second-order valence-electron chi connectivity index (χ2n) is 6.40. The second-order valence-corrected chi connectivity index (χ2v) is 6.40. The Morgan fingerprint density at radius 1 is 1.13 bits per heavy atom. The number of nitrogens with zero attached hydrogens (tertiary/aromatic N) is 1. The highest BCUT2D eigenvalue weighted by atomic mass is 16.1. The maximum atomic E-state index is 12.4. The molecule has 0 unspecified atom stereocenters. The summed E-state index contributed by atoms with van der Waals surface area (Å²) < 4.78 is 0. The average Bonchev–Trinajstić information content (AvgIpc) is 2.57. The zero-order valence-electron chi connectivity index (χ0n) is 13.7. The van der Waals surface area contributed by atoms with Gasteiger partial charge < -0.3 is 5.32 Å². The van der Waals surface area contributed by atoms with E-state index in [2.05, 4.69) is 34.5 Å². The van der Waals surface area contributed by atoms with Gasteiger partial charge in [-0.15, -0.1) is 0 Å². The van der Waals surface area contributed by atoms with Gasteiger partial charge in [0.15, 0.2) is 0 Å². The third kappa shape index (κ3) is 4.42. The first-order chi connectivity index (χ1) is 11.2. The highest BCUT2D eigenvalue weighted by Crippen LogP contribution is 2.14. The summed E-state index contributed by atoms with van der Waals surface area (Å²) >= 11 is 0. The van der Waals surface area contributed by atoms with Crippen LogP contribution in [0.15, 0.2) is 54.6 Å². The zero-order valence-corrected chi connectivity index (χ0v) is 13.7. The number of benzene rings is 2. The number of likely N-dealkylation sites (tertiary alicyclic amines) is 1. The van der Waals surface area contributed by atoms with Gasteiger partial charge in [0.2, 0.25) is 0 Å². The van der Waals surface area contributed by atoms with E-state index < -0.39 is 0 Å². The first kappa shape index (κ1) is 15.8. The highest BCUT2D eigenvalue weighted by Gasteiger charge is 2.21. The normalized spacial score (nSPS) is 18.6. The first-order valence-corrected chi connectivity index (χ1v) is 8.34. The minimum atomic E-state index is 0.0385. The lowest BCUT2D eigenvalue weighted by Crippen LogP contribution is -2.47. The minimum absolute atomic E-state index is 0.0385. The molecule has 1 amide bonds. The standard InChI is InChI=1S/C20H24N2O/c1-16-9-11-18(12-10-16)20(23)21-19-8-5-13-22(15-19)14-17-6-3-2-4-7-17/h2-4,6-7,9-12,19H,5,8,13-15H2,1H3,(H,21,23)/t19-/m1/s1. The number of hydrogen-bond acceptors (Lipinski definition) is 2. The topological polar surface area (TPSA) is 32.3 Å². The molecule has 2 aromatic rings. The van der Waals surface area contributed by atoms with Crippen LogP contribution in [0.1, 0.15) is 34.3 Å². The Hall–Kier alpha value is -2.13. The van der Waals surface area contributed by atoms with E-state index in [0.29, 0.717) is 0 Å². The lowest BCUT2D eigenvalue weighted by molar-refractivity contribution is 0.0901. The first-order valence-electron chi connectivity index (χ1n) is 8.34. The summed E-state index contributed by atoms with van der Waals surface area (Å²) in [6.45, 7) is 5.01. The average molecular weight is 308 g/mol. The summed E-state index contributed by atoms with van der Waals surface area (Å²) in [7, 11) is 0. The van der Waals surface area contributed by atoms with Gasteiger partial charge in [0.1, 0.15) is 0 Å². The molecule has 0 bridgehead atoms. The summed E-state index contributed by atoms with van der Waals surface area (Å²) in [6, 6.07) is 18.5. The molecule has 0 spiro atoms. The number of piperidine rings is 1. The smallest absolute Gasteiger partial charge is 0.251 e. The van der Waals surface area contributed by atoms with Crippen molar-refractivity contribution in [1.82, 2.24) is 10.2 Å². The van der Waals surface area contributed by atoms with Crippen LogP contribution in [-0.2, 0) is 6.54 Å². The molecule has 1 saturated heterocycles. The van der Waals surface area contributed by atoms with E-state index in [9.17, 15) is 4.79 Å². The van der Waals surface area contributed by atoms with Crippen molar-refractivity contribution in [3.8, 4) is 0 Å². The van der Waals surface area contributed by atoms with E-state index in [4.69, 9.17) is 0 Å². The van der Waals surface area contributed by atoms with Crippen LogP contribution in [0.5, 0.6) is 0 Å². The lowest BCUT2D eigenvalue weighted by Gasteiger charge is -2.33.